The first-order valence-corrected chi connectivity index (χ1v) is 7.35. The van der Waals surface area contributed by atoms with Gasteiger partial charge in [-0.1, -0.05) is 38.8 Å². The highest BCUT2D eigenvalue weighted by molar-refractivity contribution is 6.10. The molecule has 0 fully saturated rings. The maximum Gasteiger partial charge on any atom is 0.173 e. The standard InChI is InChI=1S/C17H24O3/c1-4-7-13(8-5-2)15(18)11-16(19)14-10-6-9-12(3)17(14)20/h6,9-10,13,20H,4-5,7-8,11H2,1-3H3. The van der Waals surface area contributed by atoms with Crippen molar-refractivity contribution < 1.29 is 14.7 Å². The van der Waals surface area contributed by atoms with Gasteiger partial charge in [0.1, 0.15) is 11.5 Å². The van der Waals surface area contributed by atoms with Gasteiger partial charge < -0.3 is 5.11 Å². The second-order valence-corrected chi connectivity index (χ2v) is 5.31. The summed E-state index contributed by atoms with van der Waals surface area (Å²) in [5, 5.41) is 9.89. The first-order chi connectivity index (χ1) is 9.51. The van der Waals surface area contributed by atoms with Crippen molar-refractivity contribution in [2.75, 3.05) is 0 Å². The summed E-state index contributed by atoms with van der Waals surface area (Å²) in [6.07, 6.45) is 3.45. The number of hydrogen-bond donors (Lipinski definition) is 1. The zero-order chi connectivity index (χ0) is 15.1. The van der Waals surface area contributed by atoms with E-state index in [9.17, 15) is 14.7 Å². The van der Waals surface area contributed by atoms with Crippen LogP contribution in [0.25, 0.3) is 0 Å². The molecule has 0 radical (unpaired) electrons. The Hall–Kier alpha value is -1.64. The van der Waals surface area contributed by atoms with E-state index in [4.69, 9.17) is 0 Å². The summed E-state index contributed by atoms with van der Waals surface area (Å²) in [6, 6.07) is 5.04. The first-order valence-electron chi connectivity index (χ1n) is 7.35. The van der Waals surface area contributed by atoms with Gasteiger partial charge in [0, 0.05) is 5.92 Å². The number of ketones is 2. The van der Waals surface area contributed by atoms with Gasteiger partial charge in [0.15, 0.2) is 5.78 Å². The van der Waals surface area contributed by atoms with Gasteiger partial charge in [-0.3, -0.25) is 9.59 Å². The van der Waals surface area contributed by atoms with E-state index in [2.05, 4.69) is 0 Å². The lowest BCUT2D eigenvalue weighted by Gasteiger charge is -2.14. The molecule has 0 unspecified atom stereocenters. The maximum absolute atomic E-state index is 12.2. The smallest absolute Gasteiger partial charge is 0.173 e. The van der Waals surface area contributed by atoms with Crippen LogP contribution in [0.5, 0.6) is 5.75 Å². The van der Waals surface area contributed by atoms with Crippen molar-refractivity contribution in [3.63, 3.8) is 0 Å². The summed E-state index contributed by atoms with van der Waals surface area (Å²) in [5.41, 5.74) is 0.909. The molecule has 1 aromatic rings. The Morgan fingerprint density at radius 1 is 1.15 bits per heavy atom. The van der Waals surface area contributed by atoms with E-state index >= 15 is 0 Å². The molecule has 3 heteroatoms. The van der Waals surface area contributed by atoms with E-state index in [0.29, 0.717) is 5.56 Å². The average Bonchev–Trinajstić information content (AvgIpc) is 2.41. The fourth-order valence-electron chi connectivity index (χ4n) is 2.45. The highest BCUT2D eigenvalue weighted by Crippen LogP contribution is 2.24. The van der Waals surface area contributed by atoms with Crippen LogP contribution in [-0.4, -0.2) is 16.7 Å². The molecule has 1 aromatic carbocycles. The monoisotopic (exact) mass is 276 g/mol. The van der Waals surface area contributed by atoms with Gasteiger partial charge in [0.05, 0.1) is 12.0 Å². The van der Waals surface area contributed by atoms with Gasteiger partial charge >= 0.3 is 0 Å². The van der Waals surface area contributed by atoms with Crippen molar-refractivity contribution in [1.82, 2.24) is 0 Å². The summed E-state index contributed by atoms with van der Waals surface area (Å²) in [5.74, 6) is -0.318. The SMILES string of the molecule is CCCC(CCC)C(=O)CC(=O)c1cccc(C)c1O. The maximum atomic E-state index is 12.2. The number of aryl methyl sites for hydroxylation is 1. The van der Waals surface area contributed by atoms with Crippen molar-refractivity contribution >= 4 is 11.6 Å². The second-order valence-electron chi connectivity index (χ2n) is 5.31. The van der Waals surface area contributed by atoms with Gasteiger partial charge in [-0.15, -0.1) is 0 Å². The number of hydrogen-bond acceptors (Lipinski definition) is 3. The third kappa shape index (κ3) is 4.19. The lowest BCUT2D eigenvalue weighted by atomic mass is 9.89. The molecule has 0 atom stereocenters. The third-order valence-corrected chi connectivity index (χ3v) is 3.60. The summed E-state index contributed by atoms with van der Waals surface area (Å²) in [6.45, 7) is 5.83. The van der Waals surface area contributed by atoms with Gasteiger partial charge in [-0.2, -0.15) is 0 Å². The van der Waals surface area contributed by atoms with Gasteiger partial charge in [0.25, 0.3) is 0 Å². The summed E-state index contributed by atoms with van der Waals surface area (Å²) in [4.78, 5) is 24.4. The molecule has 0 heterocycles. The molecule has 0 bridgehead atoms. The van der Waals surface area contributed by atoms with Crippen molar-refractivity contribution in [1.29, 1.82) is 0 Å². The van der Waals surface area contributed by atoms with Crippen LogP contribution in [0.1, 0.15) is 61.9 Å². The number of Topliss-reactive ketones (excluding diaryl/α,β-unsaturated/α-hetero) is 2. The fourth-order valence-corrected chi connectivity index (χ4v) is 2.45. The number of aromatic hydroxyl groups is 1. The van der Waals surface area contributed by atoms with Crippen molar-refractivity contribution in [2.45, 2.75) is 52.9 Å². The van der Waals surface area contributed by atoms with E-state index < -0.39 is 0 Å². The topological polar surface area (TPSA) is 54.4 Å². The van der Waals surface area contributed by atoms with E-state index in [0.717, 1.165) is 25.7 Å². The molecule has 0 aromatic heterocycles. The molecule has 0 saturated carbocycles. The molecular formula is C17H24O3. The summed E-state index contributed by atoms with van der Waals surface area (Å²) in [7, 11) is 0. The van der Waals surface area contributed by atoms with E-state index in [1.807, 2.05) is 13.8 Å². The van der Waals surface area contributed by atoms with Gasteiger partial charge in [-0.25, -0.2) is 0 Å². The number of phenols is 1. The van der Waals surface area contributed by atoms with Crippen LogP contribution in [0.2, 0.25) is 0 Å². The molecule has 0 spiro atoms. The average molecular weight is 276 g/mol. The van der Waals surface area contributed by atoms with E-state index in [-0.39, 0.29) is 35.2 Å². The molecule has 0 aliphatic rings. The van der Waals surface area contributed by atoms with Crippen molar-refractivity contribution in [2.24, 2.45) is 5.92 Å². The Balaban J connectivity index is 2.78. The van der Waals surface area contributed by atoms with Crippen LogP contribution in [0, 0.1) is 12.8 Å². The number of carbonyl (C=O) groups excluding carboxylic acids is 2. The number of rotatable bonds is 8. The molecule has 1 N–H and O–H groups in total. The molecular weight excluding hydrogens is 252 g/mol. The predicted molar refractivity (Wildman–Crippen MR) is 80.1 cm³/mol. The number of benzene rings is 1. The summed E-state index contributed by atoms with van der Waals surface area (Å²) < 4.78 is 0. The van der Waals surface area contributed by atoms with Crippen LogP contribution < -0.4 is 0 Å². The largest absolute Gasteiger partial charge is 0.507 e. The van der Waals surface area contributed by atoms with Crippen molar-refractivity contribution in [3.05, 3.63) is 29.3 Å². The van der Waals surface area contributed by atoms with E-state index in [1.165, 1.54) is 0 Å². The fraction of sp³-hybridized carbons (Fsp3) is 0.529. The number of para-hydroxylation sites is 1. The second kappa shape index (κ2) is 7.83. The molecule has 3 nitrogen and oxygen atoms in total. The molecule has 0 aliphatic carbocycles. The van der Waals surface area contributed by atoms with Crippen LogP contribution in [0.4, 0.5) is 0 Å². The lowest BCUT2D eigenvalue weighted by molar-refractivity contribution is -0.122. The molecule has 0 amide bonds. The summed E-state index contributed by atoms with van der Waals surface area (Å²) >= 11 is 0. The number of phenolic OH excluding ortho intramolecular Hbond substituents is 1. The highest BCUT2D eigenvalue weighted by Gasteiger charge is 2.22. The van der Waals surface area contributed by atoms with E-state index in [1.54, 1.807) is 25.1 Å². The van der Waals surface area contributed by atoms with Crippen LogP contribution in [-0.2, 0) is 4.79 Å². The van der Waals surface area contributed by atoms with Crippen LogP contribution >= 0.6 is 0 Å². The molecule has 110 valence electrons. The highest BCUT2D eigenvalue weighted by atomic mass is 16.3. The van der Waals surface area contributed by atoms with Crippen LogP contribution in [0.15, 0.2) is 18.2 Å². The molecule has 0 saturated heterocycles. The molecule has 1 rings (SSSR count). The Bertz CT molecular complexity index is 471. The Labute approximate surface area is 121 Å². The predicted octanol–water partition coefficient (Wildman–Crippen LogP) is 4.06. The minimum atomic E-state index is -0.284. The molecule has 0 aliphatic heterocycles. The minimum absolute atomic E-state index is 0.000365. The Kier molecular flexibility index (Phi) is 6.43. The molecule has 20 heavy (non-hydrogen) atoms. The number of carbonyl (C=O) groups is 2. The van der Waals surface area contributed by atoms with Crippen molar-refractivity contribution in [3.8, 4) is 5.75 Å². The quantitative estimate of drug-likeness (QED) is 0.575. The van der Waals surface area contributed by atoms with Gasteiger partial charge in [-0.05, 0) is 31.4 Å². The Morgan fingerprint density at radius 2 is 1.75 bits per heavy atom. The Morgan fingerprint density at radius 3 is 2.30 bits per heavy atom. The normalized spacial score (nSPS) is 10.8. The minimum Gasteiger partial charge on any atom is -0.507 e. The zero-order valence-electron chi connectivity index (χ0n) is 12.6. The van der Waals surface area contributed by atoms with Crippen LogP contribution in [0.3, 0.4) is 0 Å². The van der Waals surface area contributed by atoms with Gasteiger partial charge in [0.2, 0.25) is 0 Å². The lowest BCUT2D eigenvalue weighted by Crippen LogP contribution is -2.18. The zero-order valence-corrected chi connectivity index (χ0v) is 12.6. The first kappa shape index (κ1) is 16.4. The third-order valence-electron chi connectivity index (χ3n) is 3.60.